The Kier molecular flexibility index (Phi) is 1230. The van der Waals surface area contributed by atoms with Crippen molar-refractivity contribution in [1.29, 1.82) is 0 Å². The summed E-state index contributed by atoms with van der Waals surface area (Å²) in [6.07, 6.45) is 0. The van der Waals surface area contributed by atoms with Crippen LogP contribution in [0.1, 0.15) is 6.92 Å². The molecule has 0 aromatic heterocycles. The first-order chi connectivity index (χ1) is 1.73. The minimum Gasteiger partial charge on any atom is -0.550 e. The van der Waals surface area contributed by atoms with Crippen molar-refractivity contribution in [3.63, 3.8) is 0 Å². The van der Waals surface area contributed by atoms with E-state index in [1.807, 2.05) is 0 Å². The molecule has 0 saturated heterocycles. The predicted octanol–water partition coefficient (Wildman–Crippen LogP) is -0.274. The fourth-order valence-corrected chi connectivity index (χ4v) is 0. The Balaban J connectivity index is -0.00000000214. The van der Waals surface area contributed by atoms with Crippen LogP contribution in [0.2, 0.25) is 0 Å². The number of rotatable bonds is 0. The van der Waals surface area contributed by atoms with Crippen LogP contribution in [0.5, 0.6) is 0 Å². The maximum absolute atomic E-state index is 8.89. The SMILES string of the molecule is CC(=O)[O-].N.N.N.N.N.N.[Co+3]. The third-order valence-corrected chi connectivity index (χ3v) is 0. The number of carbonyl (C=O) groups is 1. The van der Waals surface area contributed by atoms with Gasteiger partial charge < -0.3 is 46.8 Å². The van der Waals surface area contributed by atoms with E-state index in [0.29, 0.717) is 0 Å². The molecule has 0 aliphatic carbocycles. The van der Waals surface area contributed by atoms with E-state index in [-0.39, 0.29) is 53.7 Å². The summed E-state index contributed by atoms with van der Waals surface area (Å²) in [5.41, 5.74) is 0. The molecule has 0 radical (unpaired) electrons. The number of hydrogen-bond donors (Lipinski definition) is 6. The first-order valence-corrected chi connectivity index (χ1v) is 0.908. The van der Waals surface area contributed by atoms with Crippen LogP contribution in [0, 0.1) is 0 Å². The molecule has 0 bridgehead atoms. The van der Waals surface area contributed by atoms with Crippen molar-refractivity contribution < 1.29 is 26.7 Å². The summed E-state index contributed by atoms with van der Waals surface area (Å²) >= 11 is 0. The predicted molar refractivity (Wildman–Crippen MR) is 40.8 cm³/mol. The van der Waals surface area contributed by atoms with Crippen LogP contribution in [0.15, 0.2) is 0 Å². The van der Waals surface area contributed by atoms with Gasteiger partial charge in [0, 0.05) is 5.97 Å². The van der Waals surface area contributed by atoms with Gasteiger partial charge in [0.05, 0.1) is 0 Å². The third kappa shape index (κ3) is 8390. The molecule has 11 heavy (non-hydrogen) atoms. The van der Waals surface area contributed by atoms with Gasteiger partial charge in [0.1, 0.15) is 0 Å². The van der Waals surface area contributed by atoms with E-state index in [9.17, 15) is 0 Å². The van der Waals surface area contributed by atoms with E-state index in [4.69, 9.17) is 9.90 Å². The van der Waals surface area contributed by atoms with Crippen molar-refractivity contribution in [2.45, 2.75) is 6.92 Å². The molecular formula is C2H21CoN6O2+2. The van der Waals surface area contributed by atoms with E-state index in [1.165, 1.54) is 0 Å². The van der Waals surface area contributed by atoms with Crippen molar-refractivity contribution in [2.24, 2.45) is 0 Å². The molecule has 0 unspecified atom stereocenters. The fraction of sp³-hybridized carbons (Fsp3) is 0.500. The largest absolute Gasteiger partial charge is 3.00 e. The minimum absolute atomic E-state index is 0. The van der Waals surface area contributed by atoms with Crippen molar-refractivity contribution in [3.8, 4) is 0 Å². The monoisotopic (exact) mass is 220 g/mol. The Hall–Kier alpha value is -0.264. The molecule has 0 aromatic rings. The van der Waals surface area contributed by atoms with E-state index in [0.717, 1.165) is 6.92 Å². The third-order valence-electron chi connectivity index (χ3n) is 0. The maximum atomic E-state index is 8.89. The van der Waals surface area contributed by atoms with Gasteiger partial charge in [-0.05, 0) is 6.92 Å². The average Bonchev–Trinajstić information content (AvgIpc) is 0.811. The van der Waals surface area contributed by atoms with Crippen LogP contribution in [0.3, 0.4) is 0 Å². The molecule has 0 aliphatic heterocycles. The first-order valence-electron chi connectivity index (χ1n) is 0.908. The fourth-order valence-electron chi connectivity index (χ4n) is 0. The van der Waals surface area contributed by atoms with Crippen LogP contribution in [0.25, 0.3) is 0 Å². The Bertz CT molecular complexity index is 41.6. The zero-order valence-electron chi connectivity index (χ0n) is 6.89. The van der Waals surface area contributed by atoms with Gasteiger partial charge in [-0.2, -0.15) is 0 Å². The molecule has 0 aliphatic rings. The number of carboxylic acids is 1. The van der Waals surface area contributed by atoms with Gasteiger partial charge in [-0.25, -0.2) is 0 Å². The first kappa shape index (κ1) is 136. The summed E-state index contributed by atoms with van der Waals surface area (Å²) in [6.45, 7) is 0.972. The van der Waals surface area contributed by atoms with Crippen LogP contribution < -0.4 is 42.0 Å². The summed E-state index contributed by atoms with van der Waals surface area (Å²) in [4.78, 5) is 8.89. The molecule has 18 N–H and O–H groups in total. The summed E-state index contributed by atoms with van der Waals surface area (Å²) < 4.78 is 0. The maximum Gasteiger partial charge on any atom is 3.00 e. The van der Waals surface area contributed by atoms with Gasteiger partial charge in [0.2, 0.25) is 0 Å². The molecule has 8 nitrogen and oxygen atoms in total. The zero-order chi connectivity index (χ0) is 3.58. The Morgan fingerprint density at radius 3 is 0.909 bits per heavy atom. The molecule has 0 heterocycles. The normalized spacial score (nSPS) is 2.27. The molecule has 9 heteroatoms. The Labute approximate surface area is 77.2 Å². The van der Waals surface area contributed by atoms with E-state index in [2.05, 4.69) is 0 Å². The molecule has 0 saturated carbocycles. The van der Waals surface area contributed by atoms with Crippen molar-refractivity contribution in [2.75, 3.05) is 0 Å². The summed E-state index contributed by atoms with van der Waals surface area (Å²) in [7, 11) is 0. The van der Waals surface area contributed by atoms with Gasteiger partial charge in [-0.1, -0.05) is 0 Å². The second kappa shape index (κ2) is 99.2. The Morgan fingerprint density at radius 2 is 0.909 bits per heavy atom. The number of carbonyl (C=O) groups excluding carboxylic acids is 1. The van der Waals surface area contributed by atoms with E-state index < -0.39 is 5.97 Å². The van der Waals surface area contributed by atoms with Gasteiger partial charge in [0.15, 0.2) is 0 Å². The molecular weight excluding hydrogens is 199 g/mol. The molecule has 0 aromatic carbocycles. The average molecular weight is 220 g/mol. The van der Waals surface area contributed by atoms with Gasteiger partial charge in [-0.15, -0.1) is 0 Å². The summed E-state index contributed by atoms with van der Waals surface area (Å²) in [6, 6.07) is 0. The van der Waals surface area contributed by atoms with E-state index >= 15 is 0 Å². The molecule has 0 amide bonds. The quantitative estimate of drug-likeness (QED) is 0.315. The molecule has 0 atom stereocenters. The smallest absolute Gasteiger partial charge is 0.550 e. The van der Waals surface area contributed by atoms with Gasteiger partial charge in [-0.3, -0.25) is 0 Å². The summed E-state index contributed by atoms with van der Waals surface area (Å²) in [5, 5.41) is 8.89. The Morgan fingerprint density at radius 1 is 0.909 bits per heavy atom. The van der Waals surface area contributed by atoms with Crippen LogP contribution >= 0.6 is 0 Å². The second-order valence-corrected chi connectivity index (χ2v) is 0.492. The standard InChI is InChI=1S/C2H4O2.Co.6H3N/c1-2(3)4;;;;;;;/h1H3,(H,3,4);;6*1H3/q;+3;;;;;;/p-1. The zero-order valence-corrected chi connectivity index (χ0v) is 7.93. The molecule has 78 valence electrons. The molecule has 0 spiro atoms. The topological polar surface area (TPSA) is 250 Å². The van der Waals surface area contributed by atoms with Gasteiger partial charge in [0.25, 0.3) is 0 Å². The van der Waals surface area contributed by atoms with Crippen LogP contribution in [-0.2, 0) is 21.6 Å². The number of aliphatic carboxylic acids is 1. The van der Waals surface area contributed by atoms with Crippen LogP contribution in [0.4, 0.5) is 0 Å². The van der Waals surface area contributed by atoms with E-state index in [1.54, 1.807) is 0 Å². The van der Waals surface area contributed by atoms with Crippen LogP contribution in [-0.4, -0.2) is 5.97 Å². The number of hydrogen-bond acceptors (Lipinski definition) is 8. The number of carboxylic acid groups (broad SMARTS) is 1. The molecule has 0 rings (SSSR count). The second-order valence-electron chi connectivity index (χ2n) is 0.492. The molecule has 0 fully saturated rings. The van der Waals surface area contributed by atoms with Gasteiger partial charge >= 0.3 is 16.8 Å². The summed E-state index contributed by atoms with van der Waals surface area (Å²) in [5.74, 6) is -1.08. The minimum atomic E-state index is -1.08. The van der Waals surface area contributed by atoms with Crippen molar-refractivity contribution in [1.82, 2.24) is 36.9 Å². The van der Waals surface area contributed by atoms with Crippen molar-refractivity contribution >= 4 is 5.97 Å². The van der Waals surface area contributed by atoms with Crippen molar-refractivity contribution in [3.05, 3.63) is 0 Å².